The van der Waals surface area contributed by atoms with E-state index in [0.29, 0.717) is 6.54 Å². The lowest BCUT2D eigenvalue weighted by Crippen LogP contribution is -2.20. The predicted molar refractivity (Wildman–Crippen MR) is 89.2 cm³/mol. The molecule has 21 heavy (non-hydrogen) atoms. The summed E-state index contributed by atoms with van der Waals surface area (Å²) in [4.78, 5) is 2.33. The summed E-state index contributed by atoms with van der Waals surface area (Å²) in [5, 5.41) is 0. The van der Waals surface area contributed by atoms with Crippen LogP contribution < -0.4 is 15.4 Å². The smallest absolute Gasteiger partial charge is 0.120 e. The van der Waals surface area contributed by atoms with Gasteiger partial charge in [-0.15, -0.1) is 0 Å². The molecule has 0 saturated heterocycles. The summed E-state index contributed by atoms with van der Waals surface area (Å²) in [5.41, 5.74) is 9.38. The Kier molecular flexibility index (Phi) is 5.64. The summed E-state index contributed by atoms with van der Waals surface area (Å²) in [5.74, 6) is 0.861. The molecule has 0 bridgehead atoms. The van der Waals surface area contributed by atoms with Gasteiger partial charge in [0.25, 0.3) is 0 Å². The van der Waals surface area contributed by atoms with Gasteiger partial charge < -0.3 is 15.4 Å². The van der Waals surface area contributed by atoms with Crippen molar-refractivity contribution >= 4 is 11.4 Å². The highest BCUT2D eigenvalue weighted by Gasteiger charge is 2.13. The number of ether oxygens (including phenoxy) is 1. The lowest BCUT2D eigenvalue weighted by Gasteiger charge is -2.27. The lowest BCUT2D eigenvalue weighted by atomic mass is 10.1. The second-order valence-electron chi connectivity index (χ2n) is 5.04. The molecule has 2 N–H and O–H groups in total. The van der Waals surface area contributed by atoms with Crippen LogP contribution in [0, 0.1) is 0 Å². The van der Waals surface area contributed by atoms with Gasteiger partial charge in [0.1, 0.15) is 5.75 Å². The molecule has 3 nitrogen and oxygen atoms in total. The van der Waals surface area contributed by atoms with Crippen LogP contribution in [-0.4, -0.2) is 13.7 Å². The molecule has 0 fully saturated rings. The maximum absolute atomic E-state index is 5.92. The molecule has 2 rings (SSSR count). The Labute approximate surface area is 127 Å². The fourth-order valence-corrected chi connectivity index (χ4v) is 2.41. The number of methoxy groups -OCH3 is 1. The largest absolute Gasteiger partial charge is 0.497 e. The minimum absolute atomic E-state index is 0.523. The maximum Gasteiger partial charge on any atom is 0.120 e. The molecule has 0 atom stereocenters. The van der Waals surface area contributed by atoms with E-state index in [2.05, 4.69) is 48.2 Å². The van der Waals surface area contributed by atoms with Crippen molar-refractivity contribution in [2.75, 3.05) is 18.6 Å². The molecule has 0 aliphatic rings. The first-order chi connectivity index (χ1) is 10.3. The van der Waals surface area contributed by atoms with Crippen molar-refractivity contribution in [1.29, 1.82) is 0 Å². The van der Waals surface area contributed by atoms with Crippen molar-refractivity contribution in [3.8, 4) is 5.75 Å². The van der Waals surface area contributed by atoms with Gasteiger partial charge >= 0.3 is 0 Å². The van der Waals surface area contributed by atoms with Crippen LogP contribution in [0.25, 0.3) is 0 Å². The van der Waals surface area contributed by atoms with Gasteiger partial charge in [-0.2, -0.15) is 0 Å². The number of unbranched alkanes of at least 4 members (excludes halogenated alkanes) is 1. The molecule has 0 aromatic heterocycles. The molecule has 2 aromatic carbocycles. The third-order valence-electron chi connectivity index (χ3n) is 3.61. The maximum atomic E-state index is 5.92. The molecule has 2 aromatic rings. The van der Waals surface area contributed by atoms with Crippen molar-refractivity contribution < 1.29 is 4.74 Å². The average molecular weight is 284 g/mol. The number of benzene rings is 2. The normalized spacial score (nSPS) is 10.4. The van der Waals surface area contributed by atoms with E-state index >= 15 is 0 Å². The van der Waals surface area contributed by atoms with Gasteiger partial charge in [-0.1, -0.05) is 37.6 Å². The van der Waals surface area contributed by atoms with E-state index < -0.39 is 0 Å². The van der Waals surface area contributed by atoms with Gasteiger partial charge in [-0.05, 0) is 30.2 Å². The Balaban J connectivity index is 2.44. The van der Waals surface area contributed by atoms with Gasteiger partial charge in [-0.3, -0.25) is 0 Å². The van der Waals surface area contributed by atoms with Crippen molar-refractivity contribution in [2.45, 2.75) is 26.3 Å². The first kappa shape index (κ1) is 15.4. The van der Waals surface area contributed by atoms with E-state index in [9.17, 15) is 0 Å². The fourth-order valence-electron chi connectivity index (χ4n) is 2.41. The second-order valence-corrected chi connectivity index (χ2v) is 5.04. The monoisotopic (exact) mass is 284 g/mol. The highest BCUT2D eigenvalue weighted by atomic mass is 16.5. The van der Waals surface area contributed by atoms with Gasteiger partial charge in [0.05, 0.1) is 7.11 Å². The second kappa shape index (κ2) is 7.70. The highest BCUT2D eigenvalue weighted by Crippen LogP contribution is 2.32. The quantitative estimate of drug-likeness (QED) is 0.832. The molecule has 0 heterocycles. The zero-order valence-electron chi connectivity index (χ0n) is 12.9. The SMILES string of the molecule is CCCCN(c1ccccc1)c1cc(OC)ccc1CN. The lowest BCUT2D eigenvalue weighted by molar-refractivity contribution is 0.414. The average Bonchev–Trinajstić information content (AvgIpc) is 2.56. The summed E-state index contributed by atoms with van der Waals surface area (Å²) < 4.78 is 5.38. The van der Waals surface area contributed by atoms with Gasteiger partial charge in [-0.25, -0.2) is 0 Å². The third-order valence-corrected chi connectivity index (χ3v) is 3.61. The van der Waals surface area contributed by atoms with E-state index in [1.807, 2.05) is 12.1 Å². The summed E-state index contributed by atoms with van der Waals surface area (Å²) in [6.07, 6.45) is 2.29. The van der Waals surface area contributed by atoms with Gasteiger partial charge in [0, 0.05) is 30.5 Å². The Hall–Kier alpha value is -2.00. The topological polar surface area (TPSA) is 38.5 Å². The van der Waals surface area contributed by atoms with E-state index in [1.165, 1.54) is 5.69 Å². The minimum atomic E-state index is 0.523. The van der Waals surface area contributed by atoms with E-state index in [4.69, 9.17) is 10.5 Å². The van der Waals surface area contributed by atoms with Crippen LogP contribution in [0.5, 0.6) is 5.75 Å². The Morgan fingerprint density at radius 3 is 2.48 bits per heavy atom. The molecule has 0 radical (unpaired) electrons. The van der Waals surface area contributed by atoms with Crippen molar-refractivity contribution in [2.24, 2.45) is 5.73 Å². The Morgan fingerprint density at radius 2 is 1.86 bits per heavy atom. The Bertz CT molecular complexity index is 554. The molecular formula is C18H24N2O. The van der Waals surface area contributed by atoms with Crippen molar-refractivity contribution in [3.05, 3.63) is 54.1 Å². The molecule has 0 spiro atoms. The van der Waals surface area contributed by atoms with Crippen molar-refractivity contribution in [1.82, 2.24) is 0 Å². The standard InChI is InChI=1S/C18H24N2O/c1-3-4-12-20(16-8-6-5-7-9-16)18-13-17(21-2)11-10-15(18)14-19/h5-11,13H,3-4,12,14,19H2,1-2H3. The molecule has 0 unspecified atom stereocenters. The molecule has 0 saturated carbocycles. The predicted octanol–water partition coefficient (Wildman–Crippen LogP) is 4.09. The van der Waals surface area contributed by atoms with Crippen LogP contribution in [-0.2, 0) is 6.54 Å². The molecule has 0 aliphatic carbocycles. The first-order valence-corrected chi connectivity index (χ1v) is 7.49. The number of nitrogens with zero attached hydrogens (tertiary/aromatic N) is 1. The molecule has 0 aliphatic heterocycles. The van der Waals surface area contributed by atoms with Crippen LogP contribution in [0.1, 0.15) is 25.3 Å². The number of anilines is 2. The van der Waals surface area contributed by atoms with E-state index in [-0.39, 0.29) is 0 Å². The summed E-state index contributed by atoms with van der Waals surface area (Å²) in [7, 11) is 1.69. The zero-order chi connectivity index (χ0) is 15.1. The number of hydrogen-bond donors (Lipinski definition) is 1. The number of nitrogens with two attached hydrogens (primary N) is 1. The summed E-state index contributed by atoms with van der Waals surface area (Å²) in [6, 6.07) is 16.5. The molecule has 0 amide bonds. The van der Waals surface area contributed by atoms with E-state index in [1.54, 1.807) is 7.11 Å². The molecule has 3 heteroatoms. The van der Waals surface area contributed by atoms with Crippen LogP contribution in [0.4, 0.5) is 11.4 Å². The Morgan fingerprint density at radius 1 is 1.10 bits per heavy atom. The molecular weight excluding hydrogens is 260 g/mol. The highest BCUT2D eigenvalue weighted by molar-refractivity contribution is 5.68. The first-order valence-electron chi connectivity index (χ1n) is 7.49. The fraction of sp³-hybridized carbons (Fsp3) is 0.333. The van der Waals surface area contributed by atoms with E-state index in [0.717, 1.165) is 36.4 Å². The third kappa shape index (κ3) is 3.76. The van der Waals surface area contributed by atoms with Gasteiger partial charge in [0.15, 0.2) is 0 Å². The zero-order valence-corrected chi connectivity index (χ0v) is 12.9. The minimum Gasteiger partial charge on any atom is -0.497 e. The van der Waals surface area contributed by atoms with Crippen LogP contribution >= 0.6 is 0 Å². The van der Waals surface area contributed by atoms with Gasteiger partial charge in [0.2, 0.25) is 0 Å². The number of para-hydroxylation sites is 1. The summed E-state index contributed by atoms with van der Waals surface area (Å²) in [6.45, 7) is 3.70. The summed E-state index contributed by atoms with van der Waals surface area (Å²) >= 11 is 0. The van der Waals surface area contributed by atoms with Crippen LogP contribution in [0.3, 0.4) is 0 Å². The molecule has 112 valence electrons. The van der Waals surface area contributed by atoms with Crippen LogP contribution in [0.15, 0.2) is 48.5 Å². The van der Waals surface area contributed by atoms with Crippen LogP contribution in [0.2, 0.25) is 0 Å². The number of hydrogen-bond acceptors (Lipinski definition) is 3. The number of rotatable bonds is 7. The van der Waals surface area contributed by atoms with Crippen molar-refractivity contribution in [3.63, 3.8) is 0 Å².